The first kappa shape index (κ1) is 24.6. The summed E-state index contributed by atoms with van der Waals surface area (Å²) in [6.45, 7) is 4.38. The second kappa shape index (κ2) is 10.3. The smallest absolute Gasteiger partial charge is 0.336 e. The van der Waals surface area contributed by atoms with Crippen molar-refractivity contribution in [3.05, 3.63) is 46.3 Å². The molecular formula is C23H26N2O9. The van der Waals surface area contributed by atoms with Gasteiger partial charge in [-0.25, -0.2) is 9.59 Å². The van der Waals surface area contributed by atoms with Crippen LogP contribution in [-0.2, 0) is 33.4 Å². The van der Waals surface area contributed by atoms with E-state index in [-0.39, 0.29) is 17.9 Å². The highest BCUT2D eigenvalue weighted by Crippen LogP contribution is 2.34. The average Bonchev–Trinajstić information content (AvgIpc) is 3.29. The molecule has 2 aliphatic heterocycles. The molecule has 11 heteroatoms. The molecule has 0 saturated heterocycles. The van der Waals surface area contributed by atoms with Crippen molar-refractivity contribution in [2.75, 3.05) is 27.6 Å². The first-order chi connectivity index (χ1) is 16.2. The maximum absolute atomic E-state index is 13.0. The van der Waals surface area contributed by atoms with Crippen LogP contribution in [-0.4, -0.2) is 51.4 Å². The summed E-state index contributed by atoms with van der Waals surface area (Å²) in [7, 11) is 2.30. The standard InChI is InChI=1S/C23H26N2O9/c1-11(14-6-7-15-16(8-14)34-10-33-15)25-17(26)9-32-23(29)20-18(21(27)30-4)12(2)24-13(3)19(20)22(28)31-5/h6-8,11,20,24H,9-10H2,1-5H3,(H,25,26). The topological polar surface area (TPSA) is 138 Å². The Labute approximate surface area is 196 Å². The fraction of sp³-hybridized carbons (Fsp3) is 0.391. The summed E-state index contributed by atoms with van der Waals surface area (Å²) in [5.74, 6) is -3.40. The summed E-state index contributed by atoms with van der Waals surface area (Å²) < 4.78 is 25.4. The number of carbonyl (C=O) groups is 4. The van der Waals surface area contributed by atoms with Gasteiger partial charge in [-0.1, -0.05) is 6.07 Å². The van der Waals surface area contributed by atoms with E-state index in [9.17, 15) is 19.2 Å². The maximum Gasteiger partial charge on any atom is 0.336 e. The molecule has 2 N–H and O–H groups in total. The van der Waals surface area contributed by atoms with Gasteiger partial charge < -0.3 is 34.3 Å². The van der Waals surface area contributed by atoms with Gasteiger partial charge in [0.25, 0.3) is 5.91 Å². The maximum atomic E-state index is 13.0. The zero-order valence-corrected chi connectivity index (χ0v) is 19.5. The Bertz CT molecular complexity index is 1050. The van der Waals surface area contributed by atoms with Crippen LogP contribution in [0.4, 0.5) is 0 Å². The van der Waals surface area contributed by atoms with Crippen LogP contribution in [0.2, 0.25) is 0 Å². The van der Waals surface area contributed by atoms with Gasteiger partial charge in [0.05, 0.1) is 31.4 Å². The fourth-order valence-corrected chi connectivity index (χ4v) is 3.76. The predicted octanol–water partition coefficient (Wildman–Crippen LogP) is 1.25. The Balaban J connectivity index is 1.71. The molecule has 0 aliphatic carbocycles. The fourth-order valence-electron chi connectivity index (χ4n) is 3.76. The van der Waals surface area contributed by atoms with Crippen LogP contribution < -0.4 is 20.1 Å². The van der Waals surface area contributed by atoms with Crippen molar-refractivity contribution in [3.8, 4) is 11.5 Å². The second-order valence-corrected chi connectivity index (χ2v) is 7.63. The number of rotatable bonds is 7. The van der Waals surface area contributed by atoms with Crippen molar-refractivity contribution >= 4 is 23.8 Å². The molecule has 1 aromatic carbocycles. The van der Waals surface area contributed by atoms with Crippen LogP contribution in [0.25, 0.3) is 0 Å². The predicted molar refractivity (Wildman–Crippen MR) is 116 cm³/mol. The molecule has 1 atom stereocenters. The zero-order chi connectivity index (χ0) is 25.0. The molecule has 0 fully saturated rings. The summed E-state index contributed by atoms with van der Waals surface area (Å²) in [4.78, 5) is 50.2. The zero-order valence-electron chi connectivity index (χ0n) is 19.5. The van der Waals surface area contributed by atoms with Crippen molar-refractivity contribution in [1.82, 2.24) is 10.6 Å². The van der Waals surface area contributed by atoms with E-state index in [2.05, 4.69) is 10.6 Å². The Kier molecular flexibility index (Phi) is 7.44. The number of dihydropyridines is 1. The third-order valence-electron chi connectivity index (χ3n) is 5.43. The second-order valence-electron chi connectivity index (χ2n) is 7.63. The highest BCUT2D eigenvalue weighted by Gasteiger charge is 2.42. The molecule has 0 aromatic heterocycles. The highest BCUT2D eigenvalue weighted by atomic mass is 16.7. The number of methoxy groups -OCH3 is 2. The normalized spacial score (nSPS) is 15.9. The van der Waals surface area contributed by atoms with Crippen molar-refractivity contribution < 1.29 is 42.9 Å². The van der Waals surface area contributed by atoms with Gasteiger partial charge in [0.15, 0.2) is 18.1 Å². The van der Waals surface area contributed by atoms with Gasteiger partial charge >= 0.3 is 17.9 Å². The van der Waals surface area contributed by atoms with E-state index in [0.717, 1.165) is 19.8 Å². The lowest BCUT2D eigenvalue weighted by molar-refractivity contribution is -0.153. The van der Waals surface area contributed by atoms with Crippen molar-refractivity contribution in [2.45, 2.75) is 26.8 Å². The SMILES string of the molecule is COC(=O)C1=C(C)NC(C)=C(C(=O)OC)C1C(=O)OCC(=O)NC(C)c1ccc2c(c1)OCO2. The third kappa shape index (κ3) is 4.98. The monoisotopic (exact) mass is 474 g/mol. The molecule has 0 bridgehead atoms. The molecule has 11 nitrogen and oxygen atoms in total. The summed E-state index contributed by atoms with van der Waals surface area (Å²) in [5.41, 5.74) is 1.19. The highest BCUT2D eigenvalue weighted by molar-refractivity contribution is 6.05. The van der Waals surface area contributed by atoms with E-state index in [1.54, 1.807) is 39.0 Å². The summed E-state index contributed by atoms with van der Waals surface area (Å²) in [5, 5.41) is 5.59. The van der Waals surface area contributed by atoms with E-state index < -0.39 is 42.4 Å². The van der Waals surface area contributed by atoms with Crippen LogP contribution in [0.3, 0.4) is 0 Å². The van der Waals surface area contributed by atoms with Gasteiger partial charge in [0.2, 0.25) is 6.79 Å². The van der Waals surface area contributed by atoms with E-state index in [1.807, 2.05) is 0 Å². The van der Waals surface area contributed by atoms with E-state index in [0.29, 0.717) is 22.9 Å². The number of carbonyl (C=O) groups excluding carboxylic acids is 4. The molecule has 2 aliphatic rings. The van der Waals surface area contributed by atoms with Crippen LogP contribution >= 0.6 is 0 Å². The number of amides is 1. The largest absolute Gasteiger partial charge is 0.466 e. The van der Waals surface area contributed by atoms with E-state index in [4.69, 9.17) is 23.7 Å². The van der Waals surface area contributed by atoms with E-state index >= 15 is 0 Å². The van der Waals surface area contributed by atoms with Crippen LogP contribution in [0.15, 0.2) is 40.7 Å². The lowest BCUT2D eigenvalue weighted by atomic mass is 9.85. The molecule has 182 valence electrons. The number of nitrogens with one attached hydrogen (secondary N) is 2. The minimum absolute atomic E-state index is 0.104. The number of ether oxygens (including phenoxy) is 5. The van der Waals surface area contributed by atoms with Gasteiger partial charge in [-0.3, -0.25) is 9.59 Å². The van der Waals surface area contributed by atoms with Gasteiger partial charge in [-0.05, 0) is 38.5 Å². The van der Waals surface area contributed by atoms with Gasteiger partial charge in [0.1, 0.15) is 5.92 Å². The number of esters is 3. The summed E-state index contributed by atoms with van der Waals surface area (Å²) >= 11 is 0. The molecule has 1 aromatic rings. The van der Waals surface area contributed by atoms with E-state index in [1.165, 1.54) is 0 Å². The average molecular weight is 474 g/mol. The molecule has 0 saturated carbocycles. The van der Waals surface area contributed by atoms with Crippen molar-refractivity contribution in [1.29, 1.82) is 0 Å². The summed E-state index contributed by atoms with van der Waals surface area (Å²) in [6, 6.07) is 4.86. The summed E-state index contributed by atoms with van der Waals surface area (Å²) in [6.07, 6.45) is 0. The Morgan fingerprint density at radius 1 is 1.03 bits per heavy atom. The lowest BCUT2D eigenvalue weighted by Gasteiger charge is -2.28. The number of hydrogen-bond acceptors (Lipinski definition) is 10. The van der Waals surface area contributed by atoms with Crippen LogP contribution in [0.5, 0.6) is 11.5 Å². The Hall–Kier alpha value is -4.02. The first-order valence-corrected chi connectivity index (χ1v) is 10.4. The Morgan fingerprint density at radius 2 is 1.62 bits per heavy atom. The van der Waals surface area contributed by atoms with Gasteiger partial charge in [-0.15, -0.1) is 0 Å². The molecule has 34 heavy (non-hydrogen) atoms. The Morgan fingerprint density at radius 3 is 2.21 bits per heavy atom. The minimum atomic E-state index is -1.42. The molecule has 0 spiro atoms. The van der Waals surface area contributed by atoms with Crippen LogP contribution in [0.1, 0.15) is 32.4 Å². The number of hydrogen-bond donors (Lipinski definition) is 2. The molecule has 1 unspecified atom stereocenters. The first-order valence-electron chi connectivity index (χ1n) is 10.4. The van der Waals surface area contributed by atoms with Crippen molar-refractivity contribution in [2.24, 2.45) is 5.92 Å². The third-order valence-corrected chi connectivity index (χ3v) is 5.43. The number of allylic oxidation sites excluding steroid dienone is 2. The van der Waals surface area contributed by atoms with Gasteiger partial charge in [-0.2, -0.15) is 0 Å². The lowest BCUT2D eigenvalue weighted by Crippen LogP contribution is -2.39. The molecular weight excluding hydrogens is 448 g/mol. The van der Waals surface area contributed by atoms with Crippen LogP contribution in [0, 0.1) is 5.92 Å². The molecule has 2 heterocycles. The van der Waals surface area contributed by atoms with Gasteiger partial charge in [0, 0.05) is 11.4 Å². The number of benzene rings is 1. The number of fused-ring (bicyclic) bond motifs is 1. The quantitative estimate of drug-likeness (QED) is 0.438. The molecule has 0 radical (unpaired) electrons. The molecule has 1 amide bonds. The van der Waals surface area contributed by atoms with Crippen molar-refractivity contribution in [3.63, 3.8) is 0 Å². The minimum Gasteiger partial charge on any atom is -0.466 e. The molecule has 3 rings (SSSR count).